The fourth-order valence-corrected chi connectivity index (χ4v) is 3.60. The van der Waals surface area contributed by atoms with Crippen LogP contribution in [0.2, 0.25) is 5.15 Å². The van der Waals surface area contributed by atoms with Crippen molar-refractivity contribution in [1.82, 2.24) is 24.7 Å². The molecule has 0 aliphatic carbocycles. The standard InChI is InChI=1S/C21H18ClN7/c1-11-5-13(3)20-16(6-11)12(2)7-19(28-20)29-21(15(9-23)10-24-29)27-18-8-17(22)25-14(4)26-18/h5-8,10H,1-4H3,(H,25,26,27). The van der Waals surface area contributed by atoms with Gasteiger partial charge in [-0.05, 0) is 51.0 Å². The molecule has 144 valence electrons. The second-order valence-electron chi connectivity index (χ2n) is 6.95. The molecule has 4 rings (SSSR count). The Morgan fingerprint density at radius 2 is 1.79 bits per heavy atom. The number of nitriles is 1. The van der Waals surface area contributed by atoms with Gasteiger partial charge in [0.15, 0.2) is 11.6 Å². The summed E-state index contributed by atoms with van der Waals surface area (Å²) in [7, 11) is 0. The molecule has 1 aromatic carbocycles. The van der Waals surface area contributed by atoms with E-state index < -0.39 is 0 Å². The first-order valence-corrected chi connectivity index (χ1v) is 9.39. The molecule has 1 N–H and O–H groups in total. The Hall–Kier alpha value is -3.50. The van der Waals surface area contributed by atoms with Crippen molar-refractivity contribution in [3.8, 4) is 11.9 Å². The first-order chi connectivity index (χ1) is 13.9. The second-order valence-corrected chi connectivity index (χ2v) is 7.34. The number of nitrogens with one attached hydrogen (secondary N) is 1. The highest BCUT2D eigenvalue weighted by Crippen LogP contribution is 2.28. The average molecular weight is 404 g/mol. The first kappa shape index (κ1) is 18.8. The van der Waals surface area contributed by atoms with Crippen molar-refractivity contribution in [1.29, 1.82) is 5.26 Å². The van der Waals surface area contributed by atoms with Crippen molar-refractivity contribution in [2.45, 2.75) is 27.7 Å². The summed E-state index contributed by atoms with van der Waals surface area (Å²) < 4.78 is 1.61. The van der Waals surface area contributed by atoms with Gasteiger partial charge in [-0.3, -0.25) is 0 Å². The van der Waals surface area contributed by atoms with Crippen molar-refractivity contribution >= 4 is 34.1 Å². The Kier molecular flexibility index (Phi) is 4.65. The molecule has 3 heterocycles. The van der Waals surface area contributed by atoms with Crippen molar-refractivity contribution in [2.24, 2.45) is 0 Å². The lowest BCUT2D eigenvalue weighted by atomic mass is 10.0. The highest BCUT2D eigenvalue weighted by Gasteiger charge is 2.16. The van der Waals surface area contributed by atoms with E-state index in [2.05, 4.69) is 45.5 Å². The van der Waals surface area contributed by atoms with Gasteiger partial charge in [-0.15, -0.1) is 0 Å². The monoisotopic (exact) mass is 403 g/mol. The average Bonchev–Trinajstić information content (AvgIpc) is 3.04. The Balaban J connectivity index is 1.88. The van der Waals surface area contributed by atoms with Crippen LogP contribution in [0.25, 0.3) is 16.7 Å². The zero-order chi connectivity index (χ0) is 20.7. The molecule has 8 heteroatoms. The van der Waals surface area contributed by atoms with E-state index in [0.29, 0.717) is 34.0 Å². The first-order valence-electron chi connectivity index (χ1n) is 9.01. The van der Waals surface area contributed by atoms with Gasteiger partial charge in [-0.1, -0.05) is 23.2 Å². The van der Waals surface area contributed by atoms with E-state index in [-0.39, 0.29) is 0 Å². The molecule has 0 radical (unpaired) electrons. The lowest BCUT2D eigenvalue weighted by Crippen LogP contribution is -2.08. The van der Waals surface area contributed by atoms with E-state index in [0.717, 1.165) is 22.0 Å². The maximum Gasteiger partial charge on any atom is 0.156 e. The van der Waals surface area contributed by atoms with E-state index in [1.54, 1.807) is 17.7 Å². The molecule has 29 heavy (non-hydrogen) atoms. The molecular weight excluding hydrogens is 386 g/mol. The normalized spacial score (nSPS) is 10.9. The van der Waals surface area contributed by atoms with Gasteiger partial charge in [-0.25, -0.2) is 15.0 Å². The Morgan fingerprint density at radius 3 is 2.52 bits per heavy atom. The molecule has 0 spiro atoms. The number of nitrogens with zero attached hydrogens (tertiary/aromatic N) is 6. The highest BCUT2D eigenvalue weighted by molar-refractivity contribution is 6.29. The van der Waals surface area contributed by atoms with Crippen LogP contribution in [0.15, 0.2) is 30.5 Å². The van der Waals surface area contributed by atoms with Crippen molar-refractivity contribution in [2.75, 3.05) is 5.32 Å². The van der Waals surface area contributed by atoms with E-state index in [4.69, 9.17) is 16.6 Å². The molecule has 0 amide bonds. The van der Waals surface area contributed by atoms with E-state index in [9.17, 15) is 5.26 Å². The number of hydrogen-bond acceptors (Lipinski definition) is 6. The van der Waals surface area contributed by atoms with Gasteiger partial charge >= 0.3 is 0 Å². The van der Waals surface area contributed by atoms with E-state index >= 15 is 0 Å². The Bertz CT molecular complexity index is 1280. The van der Waals surface area contributed by atoms with Crippen LogP contribution in [0.1, 0.15) is 28.1 Å². The van der Waals surface area contributed by atoms with Crippen LogP contribution in [-0.4, -0.2) is 24.7 Å². The predicted molar refractivity (Wildman–Crippen MR) is 113 cm³/mol. The molecule has 0 fully saturated rings. The largest absolute Gasteiger partial charge is 0.324 e. The Morgan fingerprint density at radius 1 is 1.00 bits per heavy atom. The van der Waals surface area contributed by atoms with Gasteiger partial charge in [0.25, 0.3) is 0 Å². The maximum atomic E-state index is 9.54. The number of anilines is 2. The van der Waals surface area contributed by atoms with Crippen LogP contribution in [0.5, 0.6) is 0 Å². The van der Waals surface area contributed by atoms with Crippen LogP contribution in [0.3, 0.4) is 0 Å². The third kappa shape index (κ3) is 3.50. The van der Waals surface area contributed by atoms with Crippen LogP contribution in [0, 0.1) is 39.0 Å². The molecule has 0 atom stereocenters. The summed E-state index contributed by atoms with van der Waals surface area (Å²) in [6, 6.07) is 9.94. The fraction of sp³-hybridized carbons (Fsp3) is 0.190. The number of aromatic nitrogens is 5. The molecule has 0 saturated carbocycles. The van der Waals surface area contributed by atoms with Gasteiger partial charge in [0.2, 0.25) is 0 Å². The number of aryl methyl sites for hydroxylation is 4. The van der Waals surface area contributed by atoms with Crippen molar-refractivity contribution in [3.05, 3.63) is 63.7 Å². The molecule has 7 nitrogen and oxygen atoms in total. The van der Waals surface area contributed by atoms with Crippen LogP contribution in [-0.2, 0) is 0 Å². The highest BCUT2D eigenvalue weighted by atomic mass is 35.5. The topological polar surface area (TPSA) is 92.3 Å². The predicted octanol–water partition coefficient (Wildman–Crippen LogP) is 4.71. The molecule has 0 saturated heterocycles. The summed E-state index contributed by atoms with van der Waals surface area (Å²) in [5.41, 5.74) is 4.64. The summed E-state index contributed by atoms with van der Waals surface area (Å²) in [5.74, 6) is 2.08. The maximum absolute atomic E-state index is 9.54. The summed E-state index contributed by atoms with van der Waals surface area (Å²) in [6.45, 7) is 7.91. The minimum absolute atomic E-state index is 0.315. The summed E-state index contributed by atoms with van der Waals surface area (Å²) in [4.78, 5) is 13.2. The second kappa shape index (κ2) is 7.15. The van der Waals surface area contributed by atoms with E-state index in [1.165, 1.54) is 11.8 Å². The number of rotatable bonds is 3. The number of pyridine rings is 1. The summed E-state index contributed by atoms with van der Waals surface area (Å²) in [6.07, 6.45) is 1.50. The molecule has 0 unspecified atom stereocenters. The number of hydrogen-bond donors (Lipinski definition) is 1. The number of benzene rings is 1. The van der Waals surface area contributed by atoms with Gasteiger partial charge in [0, 0.05) is 11.5 Å². The number of halogens is 1. The smallest absolute Gasteiger partial charge is 0.156 e. The van der Waals surface area contributed by atoms with Crippen LogP contribution < -0.4 is 5.32 Å². The third-order valence-corrected chi connectivity index (χ3v) is 4.80. The van der Waals surface area contributed by atoms with E-state index in [1.807, 2.05) is 19.9 Å². The van der Waals surface area contributed by atoms with Gasteiger partial charge < -0.3 is 5.32 Å². The molecular formula is C21H18ClN7. The van der Waals surface area contributed by atoms with Gasteiger partial charge in [0.1, 0.15) is 28.4 Å². The molecule has 0 aliphatic rings. The quantitative estimate of drug-likeness (QED) is 0.498. The van der Waals surface area contributed by atoms with Crippen molar-refractivity contribution < 1.29 is 0 Å². The van der Waals surface area contributed by atoms with Gasteiger partial charge in [-0.2, -0.15) is 15.0 Å². The summed E-state index contributed by atoms with van der Waals surface area (Å²) in [5, 5.41) is 18.5. The van der Waals surface area contributed by atoms with Crippen molar-refractivity contribution in [3.63, 3.8) is 0 Å². The minimum atomic E-state index is 0.315. The van der Waals surface area contributed by atoms with Crippen LogP contribution in [0.4, 0.5) is 11.6 Å². The molecule has 4 aromatic rings. The lowest BCUT2D eigenvalue weighted by Gasteiger charge is -2.13. The molecule has 0 bridgehead atoms. The van der Waals surface area contributed by atoms with Gasteiger partial charge in [0.05, 0.1) is 11.7 Å². The fourth-order valence-electron chi connectivity index (χ4n) is 3.38. The zero-order valence-electron chi connectivity index (χ0n) is 16.4. The summed E-state index contributed by atoms with van der Waals surface area (Å²) >= 11 is 6.05. The Labute approximate surface area is 173 Å². The third-order valence-electron chi connectivity index (χ3n) is 4.60. The molecule has 0 aliphatic heterocycles. The zero-order valence-corrected chi connectivity index (χ0v) is 17.2. The SMILES string of the molecule is Cc1cc(C)c2nc(-n3ncc(C#N)c3Nc3cc(Cl)nc(C)n3)cc(C)c2c1. The number of fused-ring (bicyclic) bond motifs is 1. The van der Waals surface area contributed by atoms with Crippen LogP contribution >= 0.6 is 11.6 Å². The molecule has 3 aromatic heterocycles. The minimum Gasteiger partial charge on any atom is -0.324 e. The lowest BCUT2D eigenvalue weighted by molar-refractivity contribution is 0.856.